The van der Waals surface area contributed by atoms with Crippen molar-refractivity contribution in [3.8, 4) is 0 Å². The molecule has 2 aromatic carbocycles. The van der Waals surface area contributed by atoms with Crippen molar-refractivity contribution < 1.29 is 0 Å². The van der Waals surface area contributed by atoms with Gasteiger partial charge >= 0.3 is 0 Å². The Hall–Kier alpha value is -2.73. The number of H-pyrrole nitrogens is 1. The molecule has 4 rings (SSSR count). The summed E-state index contributed by atoms with van der Waals surface area (Å²) < 4.78 is 2.92. The first-order valence-electron chi connectivity index (χ1n) is 9.85. The summed E-state index contributed by atoms with van der Waals surface area (Å²) >= 11 is 3.45. The Kier molecular flexibility index (Phi) is 5.90. The standard InChI is InChI=1S/C23H23BrN4O/c1-16(6-5-9-17-7-3-2-4-8-17)28-22-20(15-25-28)23(29)27-21(26-22)14-18-10-12-19(24)13-11-18/h2-4,7-8,10-13,15-16H,5-6,9,14H2,1H3,(H,26,27,29). The van der Waals surface area contributed by atoms with Crippen molar-refractivity contribution in [3.63, 3.8) is 0 Å². The third-order valence-corrected chi connectivity index (χ3v) is 5.67. The van der Waals surface area contributed by atoms with Crippen LogP contribution < -0.4 is 5.56 Å². The fourth-order valence-corrected chi connectivity index (χ4v) is 3.82. The molecule has 0 saturated carbocycles. The summed E-state index contributed by atoms with van der Waals surface area (Å²) in [5, 5.41) is 5.01. The number of nitrogens with one attached hydrogen (secondary N) is 1. The maximum Gasteiger partial charge on any atom is 0.262 e. The van der Waals surface area contributed by atoms with Crippen LogP contribution in [0.1, 0.15) is 42.8 Å². The zero-order valence-electron chi connectivity index (χ0n) is 16.3. The minimum absolute atomic E-state index is 0.134. The van der Waals surface area contributed by atoms with E-state index in [1.54, 1.807) is 6.20 Å². The predicted octanol–water partition coefficient (Wildman–Crippen LogP) is 5.06. The van der Waals surface area contributed by atoms with E-state index in [-0.39, 0.29) is 11.6 Å². The molecule has 29 heavy (non-hydrogen) atoms. The first-order valence-corrected chi connectivity index (χ1v) is 10.6. The van der Waals surface area contributed by atoms with Gasteiger partial charge in [-0.15, -0.1) is 0 Å². The number of fused-ring (bicyclic) bond motifs is 1. The van der Waals surface area contributed by atoms with E-state index >= 15 is 0 Å². The Labute approximate surface area is 177 Å². The smallest absolute Gasteiger partial charge is 0.262 e. The van der Waals surface area contributed by atoms with E-state index in [1.165, 1.54) is 5.56 Å². The Morgan fingerprint density at radius 3 is 2.59 bits per heavy atom. The minimum Gasteiger partial charge on any atom is -0.310 e. The molecule has 1 unspecified atom stereocenters. The number of benzene rings is 2. The molecule has 0 aliphatic carbocycles. The summed E-state index contributed by atoms with van der Waals surface area (Å²) in [6, 6.07) is 18.7. The lowest BCUT2D eigenvalue weighted by molar-refractivity contribution is 0.456. The van der Waals surface area contributed by atoms with Gasteiger partial charge in [-0.05, 0) is 49.4 Å². The summed E-state index contributed by atoms with van der Waals surface area (Å²) in [6.07, 6.45) is 5.27. The summed E-state index contributed by atoms with van der Waals surface area (Å²) in [5.74, 6) is 0.656. The highest BCUT2D eigenvalue weighted by Crippen LogP contribution is 2.19. The quantitative estimate of drug-likeness (QED) is 0.428. The summed E-state index contributed by atoms with van der Waals surface area (Å²) in [5.41, 5.74) is 2.96. The monoisotopic (exact) mass is 450 g/mol. The van der Waals surface area contributed by atoms with Gasteiger partial charge in [-0.25, -0.2) is 9.67 Å². The molecule has 0 amide bonds. The van der Waals surface area contributed by atoms with Crippen LogP contribution in [-0.4, -0.2) is 19.7 Å². The highest BCUT2D eigenvalue weighted by atomic mass is 79.9. The van der Waals surface area contributed by atoms with Crippen molar-refractivity contribution in [3.05, 3.63) is 92.6 Å². The number of hydrogen-bond donors (Lipinski definition) is 1. The normalized spacial score (nSPS) is 12.3. The average Bonchev–Trinajstić information content (AvgIpc) is 3.15. The van der Waals surface area contributed by atoms with Gasteiger partial charge in [0, 0.05) is 10.9 Å². The molecule has 2 aromatic heterocycles. The molecule has 0 radical (unpaired) electrons. The number of aryl methyl sites for hydroxylation is 1. The highest BCUT2D eigenvalue weighted by molar-refractivity contribution is 9.10. The Morgan fingerprint density at radius 2 is 1.83 bits per heavy atom. The fraction of sp³-hybridized carbons (Fsp3) is 0.261. The second kappa shape index (κ2) is 8.74. The van der Waals surface area contributed by atoms with E-state index in [9.17, 15) is 4.79 Å². The number of halogens is 1. The van der Waals surface area contributed by atoms with E-state index in [2.05, 4.69) is 57.2 Å². The zero-order chi connectivity index (χ0) is 20.2. The lowest BCUT2D eigenvalue weighted by Crippen LogP contribution is -2.14. The van der Waals surface area contributed by atoms with Crippen molar-refractivity contribution in [1.29, 1.82) is 0 Å². The second-order valence-electron chi connectivity index (χ2n) is 7.37. The van der Waals surface area contributed by atoms with Gasteiger partial charge in [0.1, 0.15) is 11.2 Å². The molecule has 4 aromatic rings. The maximum atomic E-state index is 12.5. The van der Waals surface area contributed by atoms with Gasteiger partial charge in [0.05, 0.1) is 12.2 Å². The number of aromatic nitrogens is 4. The Balaban J connectivity index is 1.52. The van der Waals surface area contributed by atoms with Gasteiger partial charge in [-0.2, -0.15) is 5.10 Å². The molecule has 0 spiro atoms. The van der Waals surface area contributed by atoms with Crippen LogP contribution in [0.2, 0.25) is 0 Å². The molecule has 0 bridgehead atoms. The fourth-order valence-electron chi connectivity index (χ4n) is 3.55. The van der Waals surface area contributed by atoms with Crippen molar-refractivity contribution in [2.75, 3.05) is 0 Å². The van der Waals surface area contributed by atoms with E-state index < -0.39 is 0 Å². The number of rotatable bonds is 7. The van der Waals surface area contributed by atoms with Crippen LogP contribution in [0, 0.1) is 0 Å². The molecule has 0 aliphatic rings. The van der Waals surface area contributed by atoms with Crippen molar-refractivity contribution >= 4 is 27.0 Å². The molecular weight excluding hydrogens is 428 g/mol. The van der Waals surface area contributed by atoms with Gasteiger partial charge in [0.15, 0.2) is 5.65 Å². The molecule has 2 heterocycles. The topological polar surface area (TPSA) is 63.6 Å². The van der Waals surface area contributed by atoms with E-state index in [0.29, 0.717) is 23.3 Å². The van der Waals surface area contributed by atoms with Gasteiger partial charge in [0.25, 0.3) is 5.56 Å². The third kappa shape index (κ3) is 4.65. The van der Waals surface area contributed by atoms with Crippen LogP contribution in [0.5, 0.6) is 0 Å². The van der Waals surface area contributed by atoms with Gasteiger partial charge < -0.3 is 4.98 Å². The minimum atomic E-state index is -0.134. The van der Waals surface area contributed by atoms with Crippen molar-refractivity contribution in [2.24, 2.45) is 0 Å². The molecule has 0 aliphatic heterocycles. The molecular formula is C23H23BrN4O. The van der Waals surface area contributed by atoms with E-state index in [1.807, 2.05) is 35.0 Å². The molecule has 1 atom stereocenters. The average molecular weight is 451 g/mol. The van der Waals surface area contributed by atoms with Gasteiger partial charge in [-0.3, -0.25) is 4.79 Å². The number of hydrogen-bond acceptors (Lipinski definition) is 3. The lowest BCUT2D eigenvalue weighted by atomic mass is 10.1. The van der Waals surface area contributed by atoms with Crippen LogP contribution in [0.4, 0.5) is 0 Å². The van der Waals surface area contributed by atoms with Crippen molar-refractivity contribution in [1.82, 2.24) is 19.7 Å². The van der Waals surface area contributed by atoms with Crippen LogP contribution in [0.25, 0.3) is 11.0 Å². The van der Waals surface area contributed by atoms with Crippen LogP contribution in [-0.2, 0) is 12.8 Å². The van der Waals surface area contributed by atoms with Gasteiger partial charge in [-0.1, -0.05) is 58.4 Å². The lowest BCUT2D eigenvalue weighted by Gasteiger charge is -2.13. The molecule has 6 heteroatoms. The largest absolute Gasteiger partial charge is 0.310 e. The van der Waals surface area contributed by atoms with Crippen LogP contribution in [0.15, 0.2) is 70.1 Å². The van der Waals surface area contributed by atoms with Gasteiger partial charge in [0.2, 0.25) is 0 Å². The summed E-state index contributed by atoms with van der Waals surface area (Å²) in [4.78, 5) is 20.2. The highest BCUT2D eigenvalue weighted by Gasteiger charge is 2.15. The first-order chi connectivity index (χ1) is 14.1. The van der Waals surface area contributed by atoms with Crippen molar-refractivity contribution in [2.45, 2.75) is 38.6 Å². The van der Waals surface area contributed by atoms with Crippen LogP contribution >= 0.6 is 15.9 Å². The maximum absolute atomic E-state index is 12.5. The predicted molar refractivity (Wildman–Crippen MR) is 119 cm³/mol. The van der Waals surface area contributed by atoms with E-state index in [0.717, 1.165) is 29.3 Å². The Bertz CT molecular complexity index is 1150. The molecule has 0 saturated heterocycles. The third-order valence-electron chi connectivity index (χ3n) is 5.14. The second-order valence-corrected chi connectivity index (χ2v) is 8.28. The SMILES string of the molecule is CC(CCCc1ccccc1)n1ncc2c(=O)[nH]c(Cc3ccc(Br)cc3)nc21. The molecule has 0 fully saturated rings. The first kappa shape index (κ1) is 19.6. The number of aromatic amines is 1. The zero-order valence-corrected chi connectivity index (χ0v) is 17.9. The Morgan fingerprint density at radius 1 is 1.07 bits per heavy atom. The van der Waals surface area contributed by atoms with Crippen LogP contribution in [0.3, 0.4) is 0 Å². The molecule has 5 nitrogen and oxygen atoms in total. The number of nitrogens with zero attached hydrogens (tertiary/aromatic N) is 3. The summed E-state index contributed by atoms with van der Waals surface area (Å²) in [7, 11) is 0. The van der Waals surface area contributed by atoms with E-state index in [4.69, 9.17) is 4.98 Å². The summed E-state index contributed by atoms with van der Waals surface area (Å²) in [6.45, 7) is 2.13. The molecule has 148 valence electrons. The molecule has 1 N–H and O–H groups in total.